The van der Waals surface area contributed by atoms with Gasteiger partial charge in [0, 0.05) is 0 Å². The molecule has 2 N–H and O–H groups in total. The largest absolute Gasteiger partial charge is 0.491 e. The lowest BCUT2D eigenvalue weighted by atomic mass is 9.77. The van der Waals surface area contributed by atoms with Crippen LogP contribution in [-0.4, -0.2) is 23.3 Å². The maximum absolute atomic E-state index is 8.99. The molecule has 4 heteroatoms. The zero-order valence-corrected chi connectivity index (χ0v) is 8.69. The lowest BCUT2D eigenvalue weighted by Gasteiger charge is -2.12. The van der Waals surface area contributed by atoms with Crippen molar-refractivity contribution in [1.82, 2.24) is 0 Å². The Morgan fingerprint density at radius 1 is 1.29 bits per heavy atom. The van der Waals surface area contributed by atoms with E-state index in [0.717, 1.165) is 11.3 Å². The van der Waals surface area contributed by atoms with E-state index in [0.29, 0.717) is 5.46 Å². The molecule has 0 aromatic heterocycles. The van der Waals surface area contributed by atoms with Crippen LogP contribution < -0.4 is 10.2 Å². The van der Waals surface area contributed by atoms with Crippen molar-refractivity contribution in [2.45, 2.75) is 26.9 Å². The Hall–Kier alpha value is -0.995. The van der Waals surface area contributed by atoms with E-state index < -0.39 is 7.12 Å². The standard InChI is InChI=1S/C10H15BO3/c1-7(2)14-9-4-5-10(11(12)13)8(3)6-9/h4-7,12-13H,1-3H3. The maximum atomic E-state index is 8.99. The summed E-state index contributed by atoms with van der Waals surface area (Å²) in [6, 6.07) is 5.20. The molecule has 0 aliphatic heterocycles. The van der Waals surface area contributed by atoms with Crippen LogP contribution in [-0.2, 0) is 0 Å². The van der Waals surface area contributed by atoms with Crippen molar-refractivity contribution in [3.05, 3.63) is 23.8 Å². The molecule has 0 saturated carbocycles. The number of aryl methyl sites for hydroxylation is 1. The fourth-order valence-corrected chi connectivity index (χ4v) is 1.28. The quantitative estimate of drug-likeness (QED) is 0.687. The number of hydrogen-bond acceptors (Lipinski definition) is 3. The molecule has 0 fully saturated rings. The van der Waals surface area contributed by atoms with Gasteiger partial charge in [-0.3, -0.25) is 0 Å². The Balaban J connectivity index is 2.89. The normalized spacial score (nSPS) is 10.4. The minimum Gasteiger partial charge on any atom is -0.491 e. The highest BCUT2D eigenvalue weighted by atomic mass is 16.5. The highest BCUT2D eigenvalue weighted by Crippen LogP contribution is 2.13. The van der Waals surface area contributed by atoms with Gasteiger partial charge in [-0.2, -0.15) is 0 Å². The molecule has 0 unspecified atom stereocenters. The van der Waals surface area contributed by atoms with Crippen LogP contribution in [0.4, 0.5) is 0 Å². The SMILES string of the molecule is Cc1cc(OC(C)C)ccc1B(O)O. The Bertz CT molecular complexity index is 310. The third-order valence-corrected chi connectivity index (χ3v) is 1.89. The molecule has 76 valence electrons. The summed E-state index contributed by atoms with van der Waals surface area (Å²) in [6.45, 7) is 5.72. The van der Waals surface area contributed by atoms with Crippen LogP contribution in [0.5, 0.6) is 5.75 Å². The number of ether oxygens (including phenoxy) is 1. The van der Waals surface area contributed by atoms with Gasteiger partial charge in [-0.1, -0.05) is 6.07 Å². The van der Waals surface area contributed by atoms with Gasteiger partial charge in [0.2, 0.25) is 0 Å². The van der Waals surface area contributed by atoms with Crippen molar-refractivity contribution in [2.24, 2.45) is 0 Å². The average Bonchev–Trinajstić information content (AvgIpc) is 2.01. The molecule has 0 spiro atoms. The summed E-state index contributed by atoms with van der Waals surface area (Å²) < 4.78 is 5.47. The highest BCUT2D eigenvalue weighted by molar-refractivity contribution is 6.59. The summed E-state index contributed by atoms with van der Waals surface area (Å²) >= 11 is 0. The first-order valence-corrected chi connectivity index (χ1v) is 4.64. The van der Waals surface area contributed by atoms with Gasteiger partial charge in [-0.25, -0.2) is 0 Å². The zero-order chi connectivity index (χ0) is 10.7. The maximum Gasteiger partial charge on any atom is 0.488 e. The second kappa shape index (κ2) is 4.48. The monoisotopic (exact) mass is 194 g/mol. The van der Waals surface area contributed by atoms with Crippen molar-refractivity contribution >= 4 is 12.6 Å². The average molecular weight is 194 g/mol. The molecule has 1 rings (SSSR count). The molecule has 0 saturated heterocycles. The fraction of sp³-hybridized carbons (Fsp3) is 0.400. The third kappa shape index (κ3) is 2.75. The van der Waals surface area contributed by atoms with Crippen LogP contribution in [0.2, 0.25) is 0 Å². The molecule has 0 amide bonds. The molecule has 0 atom stereocenters. The van der Waals surface area contributed by atoms with Gasteiger partial charge in [0.15, 0.2) is 0 Å². The van der Waals surface area contributed by atoms with Crippen molar-refractivity contribution in [3.63, 3.8) is 0 Å². The van der Waals surface area contributed by atoms with E-state index >= 15 is 0 Å². The Morgan fingerprint density at radius 2 is 1.93 bits per heavy atom. The number of hydrogen-bond donors (Lipinski definition) is 2. The van der Waals surface area contributed by atoms with Gasteiger partial charge < -0.3 is 14.8 Å². The third-order valence-electron chi connectivity index (χ3n) is 1.89. The molecular formula is C10H15BO3. The van der Waals surface area contributed by atoms with Crippen LogP contribution in [0, 0.1) is 6.92 Å². The van der Waals surface area contributed by atoms with E-state index in [1.165, 1.54) is 0 Å². The fourth-order valence-electron chi connectivity index (χ4n) is 1.28. The van der Waals surface area contributed by atoms with E-state index in [4.69, 9.17) is 14.8 Å². The Kier molecular flexibility index (Phi) is 3.55. The first-order valence-electron chi connectivity index (χ1n) is 4.64. The summed E-state index contributed by atoms with van der Waals surface area (Å²) in [5.74, 6) is 0.752. The highest BCUT2D eigenvalue weighted by Gasteiger charge is 2.14. The number of rotatable bonds is 3. The number of benzene rings is 1. The molecule has 3 nitrogen and oxygen atoms in total. The van der Waals surface area contributed by atoms with Gasteiger partial charge in [-0.15, -0.1) is 0 Å². The Morgan fingerprint density at radius 3 is 2.36 bits per heavy atom. The Labute approximate surface area is 84.5 Å². The van der Waals surface area contributed by atoms with E-state index in [1.54, 1.807) is 18.2 Å². The van der Waals surface area contributed by atoms with Gasteiger partial charge in [0.1, 0.15) is 5.75 Å². The lowest BCUT2D eigenvalue weighted by molar-refractivity contribution is 0.242. The lowest BCUT2D eigenvalue weighted by Crippen LogP contribution is -2.31. The molecule has 1 aromatic carbocycles. The van der Waals surface area contributed by atoms with Crippen LogP contribution in [0.1, 0.15) is 19.4 Å². The van der Waals surface area contributed by atoms with Crippen LogP contribution in [0.25, 0.3) is 0 Å². The van der Waals surface area contributed by atoms with Crippen molar-refractivity contribution in [2.75, 3.05) is 0 Å². The molecule has 14 heavy (non-hydrogen) atoms. The van der Waals surface area contributed by atoms with Crippen LogP contribution >= 0.6 is 0 Å². The first-order chi connectivity index (χ1) is 6.50. The second-order valence-electron chi connectivity index (χ2n) is 3.56. The molecule has 1 aromatic rings. The summed E-state index contributed by atoms with van der Waals surface area (Å²) in [5.41, 5.74) is 1.33. The minimum atomic E-state index is -1.41. The van der Waals surface area contributed by atoms with Gasteiger partial charge >= 0.3 is 7.12 Å². The summed E-state index contributed by atoms with van der Waals surface area (Å²) in [5, 5.41) is 18.0. The van der Waals surface area contributed by atoms with Gasteiger partial charge in [0.25, 0.3) is 0 Å². The molecule has 0 aliphatic carbocycles. The van der Waals surface area contributed by atoms with E-state index in [-0.39, 0.29) is 6.10 Å². The molecule has 0 heterocycles. The minimum absolute atomic E-state index is 0.124. The van der Waals surface area contributed by atoms with Crippen molar-refractivity contribution in [1.29, 1.82) is 0 Å². The predicted molar refractivity (Wildman–Crippen MR) is 56.8 cm³/mol. The van der Waals surface area contributed by atoms with Crippen molar-refractivity contribution < 1.29 is 14.8 Å². The first kappa shape index (κ1) is 11.1. The topological polar surface area (TPSA) is 49.7 Å². The second-order valence-corrected chi connectivity index (χ2v) is 3.56. The van der Waals surface area contributed by atoms with E-state index in [9.17, 15) is 0 Å². The van der Waals surface area contributed by atoms with Crippen molar-refractivity contribution in [3.8, 4) is 5.75 Å². The summed E-state index contributed by atoms with van der Waals surface area (Å²) in [6.07, 6.45) is 0.124. The molecule has 0 aliphatic rings. The zero-order valence-electron chi connectivity index (χ0n) is 8.69. The van der Waals surface area contributed by atoms with E-state index in [1.807, 2.05) is 20.8 Å². The summed E-state index contributed by atoms with van der Waals surface area (Å²) in [7, 11) is -1.41. The van der Waals surface area contributed by atoms with Gasteiger partial charge in [0.05, 0.1) is 6.10 Å². The predicted octanol–water partition coefficient (Wildman–Crippen LogP) is 0.462. The van der Waals surface area contributed by atoms with Gasteiger partial charge in [-0.05, 0) is 43.9 Å². The smallest absolute Gasteiger partial charge is 0.488 e. The molecule has 0 bridgehead atoms. The summed E-state index contributed by atoms with van der Waals surface area (Å²) in [4.78, 5) is 0. The van der Waals surface area contributed by atoms with Crippen LogP contribution in [0.15, 0.2) is 18.2 Å². The molecular weight excluding hydrogens is 179 g/mol. The van der Waals surface area contributed by atoms with Crippen LogP contribution in [0.3, 0.4) is 0 Å². The molecule has 0 radical (unpaired) electrons. The van der Waals surface area contributed by atoms with E-state index in [2.05, 4.69) is 0 Å².